The summed E-state index contributed by atoms with van der Waals surface area (Å²) in [6, 6.07) is -0.818. The molecule has 4 N–H and O–H groups in total. The van der Waals surface area contributed by atoms with E-state index in [1.54, 1.807) is 6.92 Å². The van der Waals surface area contributed by atoms with Crippen molar-refractivity contribution in [3.63, 3.8) is 0 Å². The summed E-state index contributed by atoms with van der Waals surface area (Å²) in [5, 5.41) is 5.26. The van der Waals surface area contributed by atoms with Gasteiger partial charge < -0.3 is 21.1 Å². The maximum absolute atomic E-state index is 11.7. The number of likely N-dealkylation sites (N-methyl/N-ethyl adjacent to an activating group) is 1. The van der Waals surface area contributed by atoms with E-state index in [2.05, 4.69) is 10.6 Å². The monoisotopic (exact) mass is 229 g/mol. The Kier molecular flexibility index (Phi) is 4.70. The average molecular weight is 229 g/mol. The van der Waals surface area contributed by atoms with E-state index in [-0.39, 0.29) is 23.8 Å². The van der Waals surface area contributed by atoms with Crippen LogP contribution >= 0.6 is 0 Å². The van der Waals surface area contributed by atoms with Gasteiger partial charge in [0.1, 0.15) is 6.04 Å². The highest BCUT2D eigenvalue weighted by Gasteiger charge is 2.32. The molecule has 16 heavy (non-hydrogen) atoms. The van der Waals surface area contributed by atoms with E-state index in [1.807, 2.05) is 6.92 Å². The van der Waals surface area contributed by atoms with Gasteiger partial charge in [-0.2, -0.15) is 0 Å². The van der Waals surface area contributed by atoms with Crippen LogP contribution in [0, 0.1) is 5.92 Å². The lowest BCUT2D eigenvalue weighted by Crippen LogP contribution is -2.49. The lowest BCUT2D eigenvalue weighted by atomic mass is 10.0. The van der Waals surface area contributed by atoms with Crippen molar-refractivity contribution in [1.82, 2.24) is 10.6 Å². The summed E-state index contributed by atoms with van der Waals surface area (Å²) in [6.07, 6.45) is 0. The number of carbonyl (C=O) groups excluding carboxylic acids is 2. The molecule has 92 valence electrons. The number of nitrogens with one attached hydrogen (secondary N) is 2. The Bertz CT molecular complexity index is 270. The van der Waals surface area contributed by atoms with Crippen LogP contribution in [0.15, 0.2) is 0 Å². The summed E-state index contributed by atoms with van der Waals surface area (Å²) in [5.74, 6) is -0.760. The third-order valence-corrected chi connectivity index (χ3v) is 2.56. The number of rotatable bonds is 4. The molecule has 0 saturated carbocycles. The number of hydrogen-bond acceptors (Lipinski definition) is 4. The quantitative estimate of drug-likeness (QED) is 0.553. The Morgan fingerprint density at radius 2 is 2.19 bits per heavy atom. The van der Waals surface area contributed by atoms with Crippen molar-refractivity contribution in [2.45, 2.75) is 25.9 Å². The zero-order valence-corrected chi connectivity index (χ0v) is 9.66. The van der Waals surface area contributed by atoms with Gasteiger partial charge in [-0.1, -0.05) is 0 Å². The van der Waals surface area contributed by atoms with Crippen LogP contribution in [0.4, 0.5) is 0 Å². The van der Waals surface area contributed by atoms with Gasteiger partial charge in [-0.05, 0) is 13.8 Å². The first-order chi connectivity index (χ1) is 7.56. The van der Waals surface area contributed by atoms with E-state index >= 15 is 0 Å². The van der Waals surface area contributed by atoms with Crippen LogP contribution in [-0.4, -0.2) is 43.7 Å². The molecule has 1 rings (SSSR count). The normalized spacial score (nSPS) is 26.2. The Balaban J connectivity index is 2.41. The molecular weight excluding hydrogens is 210 g/mol. The SMILES string of the molecule is CCNC(=O)C(C)NC(=O)C1COCC1N. The average Bonchev–Trinajstić information content (AvgIpc) is 2.64. The van der Waals surface area contributed by atoms with E-state index < -0.39 is 6.04 Å². The smallest absolute Gasteiger partial charge is 0.242 e. The highest BCUT2D eigenvalue weighted by Crippen LogP contribution is 2.11. The highest BCUT2D eigenvalue weighted by atomic mass is 16.5. The lowest BCUT2D eigenvalue weighted by Gasteiger charge is -2.17. The van der Waals surface area contributed by atoms with Crippen LogP contribution in [0.3, 0.4) is 0 Å². The van der Waals surface area contributed by atoms with Crippen LogP contribution in [0.25, 0.3) is 0 Å². The number of hydrogen-bond donors (Lipinski definition) is 3. The minimum absolute atomic E-state index is 0.191. The van der Waals surface area contributed by atoms with E-state index in [1.165, 1.54) is 0 Å². The fourth-order valence-corrected chi connectivity index (χ4v) is 1.55. The topological polar surface area (TPSA) is 93.5 Å². The van der Waals surface area contributed by atoms with E-state index in [4.69, 9.17) is 10.5 Å². The van der Waals surface area contributed by atoms with Crippen molar-refractivity contribution in [3.05, 3.63) is 0 Å². The van der Waals surface area contributed by atoms with Crippen LogP contribution in [0.1, 0.15) is 13.8 Å². The molecule has 1 saturated heterocycles. The maximum atomic E-state index is 11.7. The Morgan fingerprint density at radius 1 is 1.50 bits per heavy atom. The second-order valence-electron chi connectivity index (χ2n) is 3.93. The zero-order valence-electron chi connectivity index (χ0n) is 9.66. The maximum Gasteiger partial charge on any atom is 0.242 e. The van der Waals surface area contributed by atoms with Crippen LogP contribution in [0.2, 0.25) is 0 Å². The summed E-state index contributed by atoms with van der Waals surface area (Å²) in [5.41, 5.74) is 5.70. The highest BCUT2D eigenvalue weighted by molar-refractivity contribution is 5.88. The molecule has 0 bridgehead atoms. The van der Waals surface area contributed by atoms with Gasteiger partial charge in [0.15, 0.2) is 0 Å². The standard InChI is InChI=1S/C10H19N3O3/c1-3-12-9(14)6(2)13-10(15)7-4-16-5-8(7)11/h6-8H,3-5,11H2,1-2H3,(H,12,14)(H,13,15). The molecule has 0 spiro atoms. The van der Waals surface area contributed by atoms with Crippen molar-refractivity contribution in [2.24, 2.45) is 11.7 Å². The van der Waals surface area contributed by atoms with Crippen molar-refractivity contribution in [1.29, 1.82) is 0 Å². The van der Waals surface area contributed by atoms with Gasteiger partial charge in [-0.15, -0.1) is 0 Å². The van der Waals surface area contributed by atoms with Crippen LogP contribution in [0.5, 0.6) is 0 Å². The Hall–Kier alpha value is -1.14. The van der Waals surface area contributed by atoms with Crippen molar-refractivity contribution >= 4 is 11.8 Å². The molecule has 0 radical (unpaired) electrons. The Labute approximate surface area is 94.9 Å². The summed E-state index contributed by atoms with van der Waals surface area (Å²) < 4.78 is 5.09. The van der Waals surface area contributed by atoms with E-state index in [0.717, 1.165) is 0 Å². The second-order valence-corrected chi connectivity index (χ2v) is 3.93. The molecule has 0 aromatic carbocycles. The lowest BCUT2D eigenvalue weighted by molar-refractivity contribution is -0.130. The van der Waals surface area contributed by atoms with E-state index in [9.17, 15) is 9.59 Å². The second kappa shape index (κ2) is 5.81. The number of carbonyl (C=O) groups is 2. The first kappa shape index (κ1) is 12.9. The largest absolute Gasteiger partial charge is 0.379 e. The third-order valence-electron chi connectivity index (χ3n) is 2.56. The molecule has 0 aromatic rings. The van der Waals surface area contributed by atoms with Gasteiger partial charge in [0.2, 0.25) is 11.8 Å². The third kappa shape index (κ3) is 3.18. The van der Waals surface area contributed by atoms with E-state index in [0.29, 0.717) is 19.8 Å². The minimum Gasteiger partial charge on any atom is -0.379 e. The summed E-state index contributed by atoms with van der Waals surface area (Å²) in [7, 11) is 0. The predicted octanol–water partition coefficient (Wildman–Crippen LogP) is -1.40. The van der Waals surface area contributed by atoms with Gasteiger partial charge in [0.25, 0.3) is 0 Å². The van der Waals surface area contributed by atoms with Crippen LogP contribution in [-0.2, 0) is 14.3 Å². The molecule has 1 fully saturated rings. The molecule has 0 aromatic heterocycles. The molecule has 1 aliphatic heterocycles. The first-order valence-corrected chi connectivity index (χ1v) is 5.47. The molecule has 2 amide bonds. The van der Waals surface area contributed by atoms with Gasteiger partial charge in [-0.3, -0.25) is 9.59 Å². The van der Waals surface area contributed by atoms with Gasteiger partial charge in [0, 0.05) is 12.6 Å². The number of amides is 2. The molecule has 3 unspecified atom stereocenters. The molecule has 1 heterocycles. The van der Waals surface area contributed by atoms with Crippen molar-refractivity contribution in [3.8, 4) is 0 Å². The first-order valence-electron chi connectivity index (χ1n) is 5.47. The summed E-state index contributed by atoms with van der Waals surface area (Å²) >= 11 is 0. The van der Waals surface area contributed by atoms with Gasteiger partial charge in [0.05, 0.1) is 19.1 Å². The van der Waals surface area contributed by atoms with Crippen LogP contribution < -0.4 is 16.4 Å². The molecule has 6 heteroatoms. The fraction of sp³-hybridized carbons (Fsp3) is 0.800. The van der Waals surface area contributed by atoms with Crippen molar-refractivity contribution < 1.29 is 14.3 Å². The van der Waals surface area contributed by atoms with Gasteiger partial charge in [-0.25, -0.2) is 0 Å². The molecule has 1 aliphatic rings. The summed E-state index contributed by atoms with van der Waals surface area (Å²) in [4.78, 5) is 23.1. The predicted molar refractivity (Wildman–Crippen MR) is 58.6 cm³/mol. The summed E-state index contributed by atoms with van der Waals surface area (Å²) in [6.45, 7) is 4.74. The Morgan fingerprint density at radius 3 is 2.69 bits per heavy atom. The molecule has 3 atom stereocenters. The fourth-order valence-electron chi connectivity index (χ4n) is 1.55. The molecule has 6 nitrogen and oxygen atoms in total. The zero-order chi connectivity index (χ0) is 12.1. The molecular formula is C10H19N3O3. The molecule has 0 aliphatic carbocycles. The van der Waals surface area contributed by atoms with Gasteiger partial charge >= 0.3 is 0 Å². The number of ether oxygens (including phenoxy) is 1. The van der Waals surface area contributed by atoms with Crippen molar-refractivity contribution in [2.75, 3.05) is 19.8 Å². The number of nitrogens with two attached hydrogens (primary N) is 1. The minimum atomic E-state index is -0.541.